The van der Waals surface area contributed by atoms with E-state index in [-0.39, 0.29) is 30.0 Å². The summed E-state index contributed by atoms with van der Waals surface area (Å²) in [6, 6.07) is 0. The number of hydrogen-bond donors (Lipinski definition) is 5. The molecule has 0 amide bonds. The molecule has 0 spiro atoms. The van der Waals surface area contributed by atoms with Crippen LogP contribution in [0.25, 0.3) is 0 Å². The first kappa shape index (κ1) is 30.1. The van der Waals surface area contributed by atoms with E-state index in [9.17, 15) is 0 Å². The number of quaternary nitrogens is 1. The van der Waals surface area contributed by atoms with E-state index < -0.39 is 10.4 Å². The van der Waals surface area contributed by atoms with Gasteiger partial charge in [0.05, 0.1) is 39.4 Å². The summed E-state index contributed by atoms with van der Waals surface area (Å²) in [6.45, 7) is 15.6. The fourth-order valence-electron chi connectivity index (χ4n) is 1.62. The van der Waals surface area contributed by atoms with Crippen LogP contribution in [0.4, 0.5) is 0 Å². The van der Waals surface area contributed by atoms with Gasteiger partial charge < -0.3 is 20.0 Å². The second-order valence-corrected chi connectivity index (χ2v) is 5.15. The summed E-state index contributed by atoms with van der Waals surface area (Å²) in [6.07, 6.45) is 0. The third-order valence-electron chi connectivity index (χ3n) is 3.26. The zero-order valence-electron chi connectivity index (χ0n) is 14.0. The normalized spacial score (nSPS) is 10.5. The quantitative estimate of drug-likeness (QED) is 0.220. The van der Waals surface area contributed by atoms with Crippen LogP contribution in [-0.4, -0.2) is 84.7 Å². The summed E-state index contributed by atoms with van der Waals surface area (Å²) in [5, 5.41) is 19.1. The van der Waals surface area contributed by atoms with Gasteiger partial charge in [-0.3, -0.25) is 9.11 Å². The summed E-state index contributed by atoms with van der Waals surface area (Å²) in [5.74, 6) is 0. The van der Waals surface area contributed by atoms with Crippen LogP contribution >= 0.6 is 0 Å². The average Bonchev–Trinajstić information content (AvgIpc) is 2.42. The molecule has 0 aliphatic heterocycles. The Kier molecular flexibility index (Phi) is 26.4. The van der Waals surface area contributed by atoms with Gasteiger partial charge in [0.25, 0.3) is 0 Å². The predicted molar refractivity (Wildman–Crippen MR) is 83.6 cm³/mol. The fourth-order valence-corrected chi connectivity index (χ4v) is 1.62. The maximum atomic E-state index is 8.74. The molecule has 0 heterocycles. The van der Waals surface area contributed by atoms with Crippen LogP contribution in [0.1, 0.15) is 27.7 Å². The van der Waals surface area contributed by atoms with Crippen LogP contribution in [0, 0.1) is 0 Å². The molecule has 0 aromatic heterocycles. The Bertz CT molecular complexity index is 270. The summed E-state index contributed by atoms with van der Waals surface area (Å²) < 4.78 is 32.9. The molecule has 0 aromatic rings. The maximum absolute atomic E-state index is 8.74. The number of nitrogens with one attached hydrogen (secondary N) is 1. The number of rotatable bonds is 8. The third-order valence-corrected chi connectivity index (χ3v) is 3.26. The van der Waals surface area contributed by atoms with Crippen LogP contribution in [0.2, 0.25) is 0 Å². The van der Waals surface area contributed by atoms with Crippen molar-refractivity contribution in [3.05, 3.63) is 0 Å². The fraction of sp³-hybridized carbons (Fsp3) is 1.00. The van der Waals surface area contributed by atoms with E-state index in [2.05, 4.69) is 33.0 Å². The van der Waals surface area contributed by atoms with Gasteiger partial charge >= 0.3 is 10.4 Å². The van der Waals surface area contributed by atoms with Gasteiger partial charge in [0.1, 0.15) is 0 Å². The monoisotopic (exact) mass is 392 g/mol. The predicted octanol–water partition coefficient (Wildman–Crippen LogP) is -0.212. The molecule has 22 heavy (non-hydrogen) atoms. The first-order valence-electron chi connectivity index (χ1n) is 7.13. The van der Waals surface area contributed by atoms with E-state index in [0.29, 0.717) is 13.1 Å². The molecule has 1 radical (unpaired) electrons. The molecule has 10 heteroatoms. The zero-order chi connectivity index (χ0) is 17.4. The van der Waals surface area contributed by atoms with Crippen molar-refractivity contribution in [2.75, 3.05) is 52.5 Å². The van der Waals surface area contributed by atoms with Gasteiger partial charge in [-0.15, -0.1) is 0 Å². The van der Waals surface area contributed by atoms with Crippen LogP contribution in [0.5, 0.6) is 0 Å². The van der Waals surface area contributed by atoms with E-state index in [1.807, 2.05) is 0 Å². The molecular weight excluding hydrogens is 359 g/mol. The Hall–Kier alpha value is 0.216. The van der Waals surface area contributed by atoms with E-state index in [4.69, 9.17) is 27.7 Å². The van der Waals surface area contributed by atoms with Gasteiger partial charge in [-0.25, -0.2) is 0 Å². The molecule has 0 saturated heterocycles. The SMILES string of the molecule is CC[N+](CC)(CC)CC.O=S(=O)(O)O.OCCNCCO.[Co]. The first-order valence-corrected chi connectivity index (χ1v) is 8.53. The van der Waals surface area contributed by atoms with Crippen molar-refractivity contribution < 1.29 is 49.0 Å². The van der Waals surface area contributed by atoms with Crippen molar-refractivity contribution in [3.63, 3.8) is 0 Å². The van der Waals surface area contributed by atoms with Gasteiger partial charge in [0.15, 0.2) is 0 Å². The minimum Gasteiger partial charge on any atom is -0.395 e. The van der Waals surface area contributed by atoms with E-state index in [1.165, 1.54) is 30.7 Å². The van der Waals surface area contributed by atoms with Gasteiger partial charge in [-0.2, -0.15) is 8.42 Å². The topological polar surface area (TPSA) is 127 Å². The average molecular weight is 392 g/mol. The molecule has 0 rings (SSSR count). The molecule has 141 valence electrons. The van der Waals surface area contributed by atoms with E-state index >= 15 is 0 Å². The van der Waals surface area contributed by atoms with Crippen molar-refractivity contribution in [2.24, 2.45) is 0 Å². The molecule has 0 saturated carbocycles. The minimum absolute atomic E-state index is 0. The van der Waals surface area contributed by atoms with Crippen molar-refractivity contribution >= 4 is 10.4 Å². The maximum Gasteiger partial charge on any atom is 0.394 e. The molecule has 0 atom stereocenters. The largest absolute Gasteiger partial charge is 0.395 e. The van der Waals surface area contributed by atoms with Gasteiger partial charge in [0.2, 0.25) is 0 Å². The molecule has 0 aliphatic rings. The minimum atomic E-state index is -4.67. The van der Waals surface area contributed by atoms with E-state index in [1.54, 1.807) is 0 Å². The molecule has 5 N–H and O–H groups in total. The molecule has 8 nitrogen and oxygen atoms in total. The van der Waals surface area contributed by atoms with Crippen LogP contribution in [0.3, 0.4) is 0 Å². The van der Waals surface area contributed by atoms with Gasteiger partial charge in [0, 0.05) is 29.9 Å². The van der Waals surface area contributed by atoms with Crippen molar-refractivity contribution in [3.8, 4) is 0 Å². The van der Waals surface area contributed by atoms with Crippen molar-refractivity contribution in [1.82, 2.24) is 5.32 Å². The van der Waals surface area contributed by atoms with Gasteiger partial charge in [-0.1, -0.05) is 0 Å². The number of nitrogens with zero attached hydrogens (tertiary/aromatic N) is 1. The Morgan fingerprint density at radius 1 is 0.818 bits per heavy atom. The molecule has 0 aliphatic carbocycles. The smallest absolute Gasteiger partial charge is 0.394 e. The molecule has 0 fully saturated rings. The second-order valence-electron chi connectivity index (χ2n) is 4.25. The van der Waals surface area contributed by atoms with Crippen LogP contribution < -0.4 is 5.32 Å². The first-order chi connectivity index (χ1) is 9.66. The van der Waals surface area contributed by atoms with Crippen LogP contribution in [0.15, 0.2) is 0 Å². The Balaban J connectivity index is -0.000000113. The molecule has 0 aromatic carbocycles. The third kappa shape index (κ3) is 28.4. The van der Waals surface area contributed by atoms with Gasteiger partial charge in [-0.05, 0) is 27.7 Å². The number of hydrogen-bond acceptors (Lipinski definition) is 5. The summed E-state index contributed by atoms with van der Waals surface area (Å²) >= 11 is 0. The number of aliphatic hydroxyl groups is 2. The van der Waals surface area contributed by atoms with Crippen LogP contribution in [-0.2, 0) is 27.2 Å². The second kappa shape index (κ2) is 19.3. The Morgan fingerprint density at radius 3 is 1.14 bits per heavy atom. The summed E-state index contributed by atoms with van der Waals surface area (Å²) in [7, 11) is -4.67. The van der Waals surface area contributed by atoms with Crippen molar-refractivity contribution in [1.29, 1.82) is 0 Å². The molecule has 0 bridgehead atoms. The van der Waals surface area contributed by atoms with Crippen molar-refractivity contribution in [2.45, 2.75) is 27.7 Å². The number of aliphatic hydroxyl groups excluding tert-OH is 2. The summed E-state index contributed by atoms with van der Waals surface area (Å²) in [5.41, 5.74) is 0. The standard InChI is InChI=1S/C8H20N.C4H11NO2.Co.H2O4S/c1-5-9(6-2,7-3)8-4;6-3-1-5-2-4-7;;1-5(2,3)4/h5-8H2,1-4H3;5-7H,1-4H2;;(H2,1,2,3,4)/q+1;;;. The van der Waals surface area contributed by atoms with E-state index in [0.717, 1.165) is 0 Å². The zero-order valence-corrected chi connectivity index (χ0v) is 15.8. The Morgan fingerprint density at radius 2 is 1.05 bits per heavy atom. The molecule has 0 unspecified atom stereocenters. The Labute approximate surface area is 145 Å². The summed E-state index contributed by atoms with van der Waals surface area (Å²) in [4.78, 5) is 0. The molecular formula is C12H33CoN2O6S+.